The Labute approximate surface area is 170 Å². The average Bonchev–Trinajstić information content (AvgIpc) is 2.69. The summed E-state index contributed by atoms with van der Waals surface area (Å²) < 4.78 is 11.0. The van der Waals surface area contributed by atoms with Gasteiger partial charge in [0.1, 0.15) is 6.10 Å². The van der Waals surface area contributed by atoms with E-state index >= 15 is 0 Å². The second-order valence-electron chi connectivity index (χ2n) is 7.09. The highest BCUT2D eigenvalue weighted by molar-refractivity contribution is 7.99. The van der Waals surface area contributed by atoms with Crippen LogP contribution < -0.4 is 9.47 Å². The van der Waals surface area contributed by atoms with Gasteiger partial charge >= 0.3 is 6.01 Å². The number of aromatic nitrogens is 2. The summed E-state index contributed by atoms with van der Waals surface area (Å²) in [5, 5.41) is 0.549. The molecule has 0 aliphatic carbocycles. The Kier molecular flexibility index (Phi) is 7.14. The Hall–Kier alpha value is -2.28. The normalized spacial score (nSPS) is 16.9. The van der Waals surface area contributed by atoms with Crippen LogP contribution in [-0.4, -0.2) is 52.3 Å². The molecule has 0 saturated carbocycles. The van der Waals surface area contributed by atoms with Gasteiger partial charge in [0.25, 0.3) is 0 Å². The lowest BCUT2D eigenvalue weighted by molar-refractivity contribution is -0.133. The first-order valence-electron chi connectivity index (χ1n) is 9.60. The van der Waals surface area contributed by atoms with Crippen molar-refractivity contribution >= 4 is 17.7 Å². The number of likely N-dealkylation sites (tertiary alicyclic amines) is 1. The predicted octanol–water partition coefficient (Wildman–Crippen LogP) is 3.60. The number of ether oxygens (including phenoxy) is 2. The Morgan fingerprint density at radius 2 is 2.07 bits per heavy atom. The van der Waals surface area contributed by atoms with Crippen molar-refractivity contribution < 1.29 is 14.3 Å². The van der Waals surface area contributed by atoms with Crippen LogP contribution in [0.25, 0.3) is 0 Å². The maximum atomic E-state index is 12.7. The van der Waals surface area contributed by atoms with Crippen molar-refractivity contribution in [2.75, 3.05) is 20.2 Å². The maximum Gasteiger partial charge on any atom is 0.319 e. The van der Waals surface area contributed by atoms with E-state index < -0.39 is 0 Å². The third-order valence-electron chi connectivity index (χ3n) is 4.46. The molecule has 2 aromatic rings. The van der Waals surface area contributed by atoms with Crippen LogP contribution in [-0.2, 0) is 11.2 Å². The summed E-state index contributed by atoms with van der Waals surface area (Å²) in [7, 11) is 1.52. The van der Waals surface area contributed by atoms with E-state index in [9.17, 15) is 4.79 Å². The number of rotatable bonds is 7. The Balaban J connectivity index is 1.55. The minimum absolute atomic E-state index is 0.0675. The van der Waals surface area contributed by atoms with E-state index in [1.807, 2.05) is 28.8 Å². The summed E-state index contributed by atoms with van der Waals surface area (Å²) >= 11 is 1.83. The Morgan fingerprint density at radius 1 is 1.29 bits per heavy atom. The number of thioether (sulfide) groups is 1. The molecule has 2 heterocycles. The third kappa shape index (κ3) is 5.86. The van der Waals surface area contributed by atoms with E-state index in [1.165, 1.54) is 12.0 Å². The van der Waals surface area contributed by atoms with Crippen LogP contribution in [0.1, 0.15) is 32.3 Å². The molecule has 3 rings (SSSR count). The van der Waals surface area contributed by atoms with Crippen molar-refractivity contribution in [3.8, 4) is 11.9 Å². The number of hydrogen-bond donors (Lipinski definition) is 0. The van der Waals surface area contributed by atoms with E-state index in [4.69, 9.17) is 9.47 Å². The SMILES string of the molecule is COc1nccc(OC2CCCN(C(=O)Cc3ccc(SC(C)C)cc3)C2)n1. The minimum atomic E-state index is -0.0675. The summed E-state index contributed by atoms with van der Waals surface area (Å²) in [5.74, 6) is 0.613. The van der Waals surface area contributed by atoms with Gasteiger partial charge in [-0.05, 0) is 30.5 Å². The topological polar surface area (TPSA) is 64.6 Å². The minimum Gasteiger partial charge on any atom is -0.472 e. The molecule has 1 saturated heterocycles. The molecular formula is C21H27N3O3S. The van der Waals surface area contributed by atoms with E-state index in [1.54, 1.807) is 12.3 Å². The highest BCUT2D eigenvalue weighted by Gasteiger charge is 2.25. The van der Waals surface area contributed by atoms with Crippen LogP contribution in [0.15, 0.2) is 41.4 Å². The molecule has 0 spiro atoms. The largest absolute Gasteiger partial charge is 0.472 e. The van der Waals surface area contributed by atoms with Crippen molar-refractivity contribution in [1.82, 2.24) is 14.9 Å². The predicted molar refractivity (Wildman–Crippen MR) is 110 cm³/mol. The molecule has 0 bridgehead atoms. The molecule has 1 atom stereocenters. The zero-order valence-corrected chi connectivity index (χ0v) is 17.4. The lowest BCUT2D eigenvalue weighted by atomic mass is 10.1. The highest BCUT2D eigenvalue weighted by atomic mass is 32.2. The fourth-order valence-electron chi connectivity index (χ4n) is 3.17. The fourth-order valence-corrected chi connectivity index (χ4v) is 4.00. The zero-order chi connectivity index (χ0) is 19.9. The first-order chi connectivity index (χ1) is 13.5. The van der Waals surface area contributed by atoms with Gasteiger partial charge in [0.05, 0.1) is 20.1 Å². The van der Waals surface area contributed by atoms with Crippen molar-refractivity contribution in [3.05, 3.63) is 42.1 Å². The van der Waals surface area contributed by atoms with Crippen LogP contribution in [0.4, 0.5) is 0 Å². The van der Waals surface area contributed by atoms with E-state index in [0.717, 1.165) is 24.9 Å². The van der Waals surface area contributed by atoms with Crippen LogP contribution in [0, 0.1) is 0 Å². The smallest absolute Gasteiger partial charge is 0.319 e. The zero-order valence-electron chi connectivity index (χ0n) is 16.6. The molecule has 0 N–H and O–H groups in total. The van der Waals surface area contributed by atoms with Gasteiger partial charge in [-0.15, -0.1) is 11.8 Å². The lowest BCUT2D eigenvalue weighted by Gasteiger charge is -2.32. The molecule has 1 fully saturated rings. The third-order valence-corrected chi connectivity index (χ3v) is 5.47. The van der Waals surface area contributed by atoms with E-state index in [2.05, 4.69) is 35.9 Å². The molecule has 7 heteroatoms. The number of benzene rings is 1. The molecule has 28 heavy (non-hydrogen) atoms. The molecular weight excluding hydrogens is 374 g/mol. The average molecular weight is 402 g/mol. The molecule has 1 unspecified atom stereocenters. The van der Waals surface area contributed by atoms with Gasteiger partial charge in [-0.3, -0.25) is 4.79 Å². The Morgan fingerprint density at radius 3 is 2.79 bits per heavy atom. The van der Waals surface area contributed by atoms with Gasteiger partial charge in [-0.2, -0.15) is 4.98 Å². The monoisotopic (exact) mass is 401 g/mol. The molecule has 6 nitrogen and oxygen atoms in total. The van der Waals surface area contributed by atoms with Gasteiger partial charge in [-0.25, -0.2) is 4.98 Å². The molecule has 1 aliphatic heterocycles. The summed E-state index contributed by atoms with van der Waals surface area (Å²) in [6.45, 7) is 5.70. The molecule has 1 aliphatic rings. The quantitative estimate of drug-likeness (QED) is 0.661. The van der Waals surface area contributed by atoms with Crippen molar-refractivity contribution in [1.29, 1.82) is 0 Å². The number of nitrogens with zero attached hydrogens (tertiary/aromatic N) is 3. The van der Waals surface area contributed by atoms with Gasteiger partial charge < -0.3 is 14.4 Å². The second kappa shape index (κ2) is 9.78. The molecule has 0 radical (unpaired) electrons. The fraction of sp³-hybridized carbons (Fsp3) is 0.476. The standard InChI is InChI=1S/C21H27N3O3S/c1-15(2)28-18-8-6-16(7-9-18)13-20(25)24-12-4-5-17(14-24)27-19-10-11-22-21(23-19)26-3/h6-11,15,17H,4-5,12-14H2,1-3H3. The molecule has 1 aromatic carbocycles. The first-order valence-corrected chi connectivity index (χ1v) is 10.5. The number of methoxy groups -OCH3 is 1. The Bertz CT molecular complexity index is 783. The van der Waals surface area contributed by atoms with Crippen LogP contribution in [0.5, 0.6) is 11.9 Å². The van der Waals surface area contributed by atoms with Gasteiger partial charge in [-0.1, -0.05) is 26.0 Å². The lowest BCUT2D eigenvalue weighted by Crippen LogP contribution is -2.45. The van der Waals surface area contributed by atoms with Crippen molar-refractivity contribution in [2.24, 2.45) is 0 Å². The van der Waals surface area contributed by atoms with E-state index in [-0.39, 0.29) is 18.0 Å². The number of carbonyl (C=O) groups is 1. The van der Waals surface area contributed by atoms with E-state index in [0.29, 0.717) is 24.1 Å². The molecule has 150 valence electrons. The van der Waals surface area contributed by atoms with Gasteiger partial charge in [0.2, 0.25) is 11.8 Å². The number of hydrogen-bond acceptors (Lipinski definition) is 6. The summed E-state index contributed by atoms with van der Waals surface area (Å²) in [6, 6.07) is 10.3. The molecule has 1 amide bonds. The summed E-state index contributed by atoms with van der Waals surface area (Å²) in [6.07, 6.45) is 3.77. The summed E-state index contributed by atoms with van der Waals surface area (Å²) in [4.78, 5) is 24.0. The van der Waals surface area contributed by atoms with Gasteiger partial charge in [0, 0.05) is 29.0 Å². The number of carbonyl (C=O) groups excluding carboxylic acids is 1. The van der Waals surface area contributed by atoms with Crippen molar-refractivity contribution in [2.45, 2.75) is 49.4 Å². The first kappa shape index (κ1) is 20.5. The van der Waals surface area contributed by atoms with Crippen LogP contribution in [0.3, 0.4) is 0 Å². The van der Waals surface area contributed by atoms with Crippen molar-refractivity contribution in [3.63, 3.8) is 0 Å². The van der Waals surface area contributed by atoms with Gasteiger partial charge in [0.15, 0.2) is 0 Å². The van der Waals surface area contributed by atoms with Crippen LogP contribution in [0.2, 0.25) is 0 Å². The second-order valence-corrected chi connectivity index (χ2v) is 8.74. The summed E-state index contributed by atoms with van der Waals surface area (Å²) in [5.41, 5.74) is 1.04. The highest BCUT2D eigenvalue weighted by Crippen LogP contribution is 2.23. The van der Waals surface area contributed by atoms with Crippen LogP contribution >= 0.6 is 11.8 Å². The molecule has 1 aromatic heterocycles. The number of amides is 1. The number of piperidine rings is 1. The maximum absolute atomic E-state index is 12.7.